The number of aliphatic carboxylic acids is 2. The van der Waals surface area contributed by atoms with Gasteiger partial charge < -0.3 is 39.5 Å². The Balaban J connectivity index is 0.00000112. The van der Waals surface area contributed by atoms with E-state index in [1.54, 1.807) is 0 Å². The summed E-state index contributed by atoms with van der Waals surface area (Å²) in [5.74, 6) is -1.91. The molecule has 0 aliphatic heterocycles. The Labute approximate surface area is 400 Å². The van der Waals surface area contributed by atoms with Crippen LogP contribution in [-0.4, -0.2) is 95.4 Å². The van der Waals surface area contributed by atoms with E-state index in [-0.39, 0.29) is 86.1 Å². The summed E-state index contributed by atoms with van der Waals surface area (Å²) >= 11 is 0. The first-order valence-electron chi connectivity index (χ1n) is 23.3. The third kappa shape index (κ3) is 38.2. The van der Waals surface area contributed by atoms with Crippen LogP contribution in [0.4, 0.5) is 0 Å². The summed E-state index contributed by atoms with van der Waals surface area (Å²) in [4.78, 5) is 20.7. The molecule has 0 spiro atoms. The van der Waals surface area contributed by atoms with Gasteiger partial charge in [0.25, 0.3) is 0 Å². The van der Waals surface area contributed by atoms with Crippen molar-refractivity contribution >= 4 is 60.8 Å². The maximum absolute atomic E-state index is 10.4. The second-order valence-corrected chi connectivity index (χ2v) is 16.4. The molecule has 8 nitrogen and oxygen atoms in total. The van der Waals surface area contributed by atoms with E-state index in [9.17, 15) is 30.0 Å². The Morgan fingerprint density at radius 1 is 0.458 bits per heavy atom. The Hall–Kier alpha value is -1.21. The van der Waals surface area contributed by atoms with Crippen LogP contribution in [0.2, 0.25) is 0 Å². The fraction of sp³-hybridized carbons (Fsp3) is 0.720. The number of aliphatic hydroxyl groups is 2. The molecule has 0 aromatic heterocycles. The van der Waals surface area contributed by atoms with Gasteiger partial charge in [-0.2, -0.15) is 0 Å². The largest absolute Gasteiger partial charge is 2.00 e. The maximum atomic E-state index is 10.4. The summed E-state index contributed by atoms with van der Waals surface area (Å²) in [6.07, 6.45) is 26.8. The minimum atomic E-state index is -0.957. The molecule has 59 heavy (non-hydrogen) atoms. The third-order valence-electron chi connectivity index (χ3n) is 10.9. The monoisotopic (exact) mass is 949 g/mol. The molecule has 0 saturated carbocycles. The predicted octanol–water partition coefficient (Wildman–Crippen LogP) is 9.95. The van der Waals surface area contributed by atoms with E-state index in [4.69, 9.17) is 9.47 Å². The fourth-order valence-electron chi connectivity index (χ4n) is 7.25. The van der Waals surface area contributed by atoms with Crippen molar-refractivity contribution in [1.82, 2.24) is 0 Å². The standard InChI is InChI=1S/2C25H42O4.Ba/c2*1-2-3-8-18-24(29-21-22-14-9-7-10-15-22)19-13-17-23(26)16-11-5-4-6-12-20-25(27)28;/h2*7,9-10,14-15,23-24,26H,2-6,8,11-13,16-21H2,1H3,(H,27,28);/q;;+2/p-2. The summed E-state index contributed by atoms with van der Waals surface area (Å²) in [7, 11) is 0. The van der Waals surface area contributed by atoms with E-state index >= 15 is 0 Å². The summed E-state index contributed by atoms with van der Waals surface area (Å²) in [6, 6.07) is 20.6. The zero-order valence-corrected chi connectivity index (χ0v) is 41.8. The van der Waals surface area contributed by atoms with Crippen molar-refractivity contribution < 1.29 is 39.5 Å². The van der Waals surface area contributed by atoms with Crippen LogP contribution in [0.3, 0.4) is 0 Å². The van der Waals surface area contributed by atoms with Crippen molar-refractivity contribution in [2.24, 2.45) is 0 Å². The SMILES string of the molecule is CCCCCC(CCCC(O)CCCCCCCC(=O)[O-])OCc1ccccc1.CCCCCC(CCCC(O)CCCCCCCC(=O)[O-])OCc1ccccc1.[Ba+2]. The molecule has 332 valence electrons. The third-order valence-corrected chi connectivity index (χ3v) is 10.9. The van der Waals surface area contributed by atoms with Crippen LogP contribution in [0.5, 0.6) is 0 Å². The molecule has 2 rings (SSSR count). The van der Waals surface area contributed by atoms with E-state index in [2.05, 4.69) is 38.1 Å². The molecule has 0 amide bonds. The number of carboxylic acid groups (broad SMARTS) is 2. The summed E-state index contributed by atoms with van der Waals surface area (Å²) in [5, 5.41) is 41.2. The van der Waals surface area contributed by atoms with Crippen LogP contribution in [0, 0.1) is 0 Å². The molecular weight excluding hydrogens is 866 g/mol. The van der Waals surface area contributed by atoms with E-state index < -0.39 is 11.9 Å². The molecule has 0 radical (unpaired) electrons. The topological polar surface area (TPSA) is 139 Å². The molecule has 0 aliphatic rings. The van der Waals surface area contributed by atoms with E-state index in [0.717, 1.165) is 116 Å². The van der Waals surface area contributed by atoms with Gasteiger partial charge in [0.15, 0.2) is 0 Å². The van der Waals surface area contributed by atoms with Gasteiger partial charge in [-0.3, -0.25) is 0 Å². The van der Waals surface area contributed by atoms with Gasteiger partial charge in [0.05, 0.1) is 37.6 Å². The normalized spacial score (nSPS) is 13.1. The van der Waals surface area contributed by atoms with Gasteiger partial charge in [-0.05, 0) is 101 Å². The van der Waals surface area contributed by atoms with Crippen LogP contribution in [0.25, 0.3) is 0 Å². The molecule has 9 heteroatoms. The van der Waals surface area contributed by atoms with Crippen molar-refractivity contribution in [3.8, 4) is 0 Å². The fourth-order valence-corrected chi connectivity index (χ4v) is 7.25. The number of hydrogen-bond donors (Lipinski definition) is 2. The van der Waals surface area contributed by atoms with Gasteiger partial charge in [0.1, 0.15) is 0 Å². The van der Waals surface area contributed by atoms with Crippen molar-refractivity contribution in [3.63, 3.8) is 0 Å². The predicted molar refractivity (Wildman–Crippen MR) is 238 cm³/mol. The van der Waals surface area contributed by atoms with Crippen molar-refractivity contribution in [2.45, 2.75) is 231 Å². The molecular formula is C50H82BaO8. The Morgan fingerprint density at radius 2 is 0.763 bits per heavy atom. The molecule has 4 atom stereocenters. The van der Waals surface area contributed by atoms with Crippen LogP contribution in [0.15, 0.2) is 60.7 Å². The molecule has 2 aromatic rings. The van der Waals surface area contributed by atoms with Crippen LogP contribution in [0.1, 0.15) is 205 Å². The molecule has 4 unspecified atom stereocenters. The number of ether oxygens (including phenoxy) is 2. The Morgan fingerprint density at radius 3 is 1.12 bits per heavy atom. The molecule has 0 aliphatic carbocycles. The first kappa shape index (κ1) is 57.8. The van der Waals surface area contributed by atoms with E-state index in [1.807, 2.05) is 36.4 Å². The summed E-state index contributed by atoms with van der Waals surface area (Å²) in [5.41, 5.74) is 2.43. The zero-order valence-electron chi connectivity index (χ0n) is 37.3. The number of carbonyl (C=O) groups is 2. The molecule has 2 N–H and O–H groups in total. The number of carboxylic acids is 2. The number of aliphatic hydroxyl groups excluding tert-OH is 2. The van der Waals surface area contributed by atoms with Crippen LogP contribution >= 0.6 is 0 Å². The van der Waals surface area contributed by atoms with Crippen LogP contribution in [-0.2, 0) is 32.3 Å². The number of hydrogen-bond acceptors (Lipinski definition) is 8. The van der Waals surface area contributed by atoms with Gasteiger partial charge in [0, 0.05) is 11.9 Å². The van der Waals surface area contributed by atoms with Crippen molar-refractivity contribution in [3.05, 3.63) is 71.8 Å². The first-order valence-corrected chi connectivity index (χ1v) is 23.3. The molecule has 0 fully saturated rings. The van der Waals surface area contributed by atoms with E-state index in [1.165, 1.54) is 49.7 Å². The second-order valence-electron chi connectivity index (χ2n) is 16.4. The molecule has 0 heterocycles. The van der Waals surface area contributed by atoms with Crippen LogP contribution < -0.4 is 10.2 Å². The summed E-state index contributed by atoms with van der Waals surface area (Å²) in [6.45, 7) is 5.77. The zero-order chi connectivity index (χ0) is 42.3. The maximum Gasteiger partial charge on any atom is 2.00 e. The first-order chi connectivity index (χ1) is 28.2. The minimum absolute atomic E-state index is 0. The minimum Gasteiger partial charge on any atom is -0.550 e. The molecule has 0 bridgehead atoms. The average Bonchev–Trinajstić information content (AvgIpc) is 3.21. The smallest absolute Gasteiger partial charge is 0.550 e. The van der Waals surface area contributed by atoms with Gasteiger partial charge in [-0.1, -0.05) is 164 Å². The molecule has 2 aromatic carbocycles. The Kier molecular flexibility index (Phi) is 41.2. The van der Waals surface area contributed by atoms with Crippen molar-refractivity contribution in [2.75, 3.05) is 0 Å². The number of unbranched alkanes of at least 4 members (excludes halogenated alkanes) is 12. The Bertz CT molecular complexity index is 1110. The number of rotatable bonds is 38. The number of carbonyl (C=O) groups excluding carboxylic acids is 2. The quantitative estimate of drug-likeness (QED) is 0.0501. The van der Waals surface area contributed by atoms with Gasteiger partial charge in [0.2, 0.25) is 0 Å². The number of benzene rings is 2. The second kappa shape index (κ2) is 42.1. The molecule has 0 saturated heterocycles. The van der Waals surface area contributed by atoms with Gasteiger partial charge >= 0.3 is 48.9 Å². The van der Waals surface area contributed by atoms with Crippen molar-refractivity contribution in [1.29, 1.82) is 0 Å². The summed E-state index contributed by atoms with van der Waals surface area (Å²) < 4.78 is 12.4. The van der Waals surface area contributed by atoms with Gasteiger partial charge in [-0.25, -0.2) is 0 Å². The van der Waals surface area contributed by atoms with E-state index in [0.29, 0.717) is 26.1 Å². The average molecular weight is 949 g/mol. The van der Waals surface area contributed by atoms with Gasteiger partial charge in [-0.15, -0.1) is 0 Å².